The van der Waals surface area contributed by atoms with Crippen molar-refractivity contribution in [3.8, 4) is 0 Å². The number of anilines is 1. The topological polar surface area (TPSA) is 73.8 Å². The van der Waals surface area contributed by atoms with Crippen LogP contribution in [0.2, 0.25) is 0 Å². The molecule has 2 aromatic heterocycles. The number of hydrogen-bond donors (Lipinski definition) is 1. The van der Waals surface area contributed by atoms with E-state index in [2.05, 4.69) is 9.97 Å². The van der Waals surface area contributed by atoms with Gasteiger partial charge in [-0.25, -0.2) is 9.97 Å². The van der Waals surface area contributed by atoms with E-state index in [-0.39, 0.29) is 5.56 Å². The van der Waals surface area contributed by atoms with Gasteiger partial charge in [0.05, 0.1) is 10.1 Å². The third kappa shape index (κ3) is 2.63. The van der Waals surface area contributed by atoms with Crippen LogP contribution in [0.1, 0.15) is 11.4 Å². The zero-order valence-corrected chi connectivity index (χ0v) is 11.4. The van der Waals surface area contributed by atoms with E-state index in [0.29, 0.717) is 21.8 Å². The molecule has 0 saturated heterocycles. The van der Waals surface area contributed by atoms with Crippen LogP contribution >= 0.6 is 22.6 Å². The fourth-order valence-corrected chi connectivity index (χ4v) is 1.88. The maximum atomic E-state index is 11.9. The molecule has 0 saturated carbocycles. The highest BCUT2D eigenvalue weighted by atomic mass is 127. The van der Waals surface area contributed by atoms with Crippen molar-refractivity contribution in [1.82, 2.24) is 14.5 Å². The number of rotatable bonds is 2. The highest BCUT2D eigenvalue weighted by Crippen LogP contribution is 2.05. The molecule has 0 aliphatic carbocycles. The van der Waals surface area contributed by atoms with Crippen molar-refractivity contribution in [1.29, 1.82) is 0 Å². The maximum absolute atomic E-state index is 11.9. The molecular formula is C11H11IN4O. The van der Waals surface area contributed by atoms with Crippen LogP contribution in [0.25, 0.3) is 0 Å². The minimum atomic E-state index is -0.0325. The second-order valence-electron chi connectivity index (χ2n) is 3.64. The van der Waals surface area contributed by atoms with Crippen LogP contribution in [0.5, 0.6) is 0 Å². The zero-order chi connectivity index (χ0) is 12.4. The van der Waals surface area contributed by atoms with Gasteiger partial charge < -0.3 is 5.73 Å². The molecule has 0 aromatic carbocycles. The standard InChI is InChI=1S/C11H11IN4O/c1-7-14-5-9(12)11(17)16(7)6-8-2-3-10(13)15-4-8/h2-5H,6H2,1H3,(H2,13,15). The Kier molecular flexibility index (Phi) is 3.41. The summed E-state index contributed by atoms with van der Waals surface area (Å²) < 4.78 is 2.23. The molecule has 88 valence electrons. The first-order chi connectivity index (χ1) is 8.08. The van der Waals surface area contributed by atoms with E-state index >= 15 is 0 Å². The summed E-state index contributed by atoms with van der Waals surface area (Å²) in [4.78, 5) is 20.1. The molecule has 2 aromatic rings. The van der Waals surface area contributed by atoms with E-state index in [1.807, 2.05) is 35.6 Å². The quantitative estimate of drug-likeness (QED) is 0.832. The highest BCUT2D eigenvalue weighted by Gasteiger charge is 2.06. The number of hydrogen-bond acceptors (Lipinski definition) is 4. The molecule has 0 spiro atoms. The summed E-state index contributed by atoms with van der Waals surface area (Å²) in [5.74, 6) is 1.16. The van der Waals surface area contributed by atoms with E-state index < -0.39 is 0 Å². The SMILES string of the molecule is Cc1ncc(I)c(=O)n1Cc1ccc(N)nc1. The molecule has 0 unspecified atom stereocenters. The number of halogens is 1. The summed E-state index contributed by atoms with van der Waals surface area (Å²) in [6.45, 7) is 2.27. The lowest BCUT2D eigenvalue weighted by molar-refractivity contribution is 0.693. The first-order valence-electron chi connectivity index (χ1n) is 5.00. The molecule has 0 atom stereocenters. The average Bonchev–Trinajstić information content (AvgIpc) is 2.32. The van der Waals surface area contributed by atoms with E-state index in [1.54, 1.807) is 23.0 Å². The molecule has 17 heavy (non-hydrogen) atoms. The lowest BCUT2D eigenvalue weighted by Crippen LogP contribution is -2.26. The van der Waals surface area contributed by atoms with Crippen LogP contribution in [-0.2, 0) is 6.54 Å². The first-order valence-corrected chi connectivity index (χ1v) is 6.08. The normalized spacial score (nSPS) is 10.5. The van der Waals surface area contributed by atoms with Crippen LogP contribution in [0.3, 0.4) is 0 Å². The van der Waals surface area contributed by atoms with E-state index in [0.717, 1.165) is 5.56 Å². The molecule has 2 heterocycles. The second-order valence-corrected chi connectivity index (χ2v) is 4.80. The summed E-state index contributed by atoms with van der Waals surface area (Å²) in [5.41, 5.74) is 6.40. The van der Waals surface area contributed by atoms with Gasteiger partial charge in [-0.15, -0.1) is 0 Å². The molecule has 0 aliphatic heterocycles. The maximum Gasteiger partial charge on any atom is 0.267 e. The summed E-state index contributed by atoms with van der Waals surface area (Å²) >= 11 is 1.98. The Hall–Kier alpha value is -1.44. The molecule has 6 heteroatoms. The number of pyridine rings is 1. The van der Waals surface area contributed by atoms with Crippen molar-refractivity contribution in [3.63, 3.8) is 0 Å². The Labute approximate surface area is 112 Å². The number of aromatic nitrogens is 3. The van der Waals surface area contributed by atoms with Gasteiger partial charge in [0, 0.05) is 12.4 Å². The smallest absolute Gasteiger partial charge is 0.267 e. The third-order valence-electron chi connectivity index (χ3n) is 2.39. The Balaban J connectivity index is 2.39. The van der Waals surface area contributed by atoms with Gasteiger partial charge in [-0.3, -0.25) is 9.36 Å². The molecule has 0 fully saturated rings. The van der Waals surface area contributed by atoms with E-state index in [1.165, 1.54) is 0 Å². The van der Waals surface area contributed by atoms with Crippen LogP contribution in [-0.4, -0.2) is 14.5 Å². The van der Waals surface area contributed by atoms with Crippen LogP contribution in [0, 0.1) is 10.5 Å². The van der Waals surface area contributed by atoms with Gasteiger partial charge >= 0.3 is 0 Å². The molecule has 0 radical (unpaired) electrons. The van der Waals surface area contributed by atoms with Gasteiger partial charge in [0.25, 0.3) is 5.56 Å². The molecule has 2 rings (SSSR count). The van der Waals surface area contributed by atoms with Crippen molar-refractivity contribution in [2.24, 2.45) is 0 Å². The number of nitrogens with zero attached hydrogens (tertiary/aromatic N) is 3. The number of nitrogen functional groups attached to an aromatic ring is 1. The zero-order valence-electron chi connectivity index (χ0n) is 9.22. The summed E-state index contributed by atoms with van der Waals surface area (Å²) in [6.07, 6.45) is 3.25. The Morgan fingerprint density at radius 1 is 1.35 bits per heavy atom. The van der Waals surface area contributed by atoms with E-state index in [4.69, 9.17) is 5.73 Å². The number of nitrogens with two attached hydrogens (primary N) is 1. The molecule has 2 N–H and O–H groups in total. The molecular weight excluding hydrogens is 331 g/mol. The van der Waals surface area contributed by atoms with Crippen molar-refractivity contribution >= 4 is 28.4 Å². The fraction of sp³-hybridized carbons (Fsp3) is 0.182. The Morgan fingerprint density at radius 2 is 2.12 bits per heavy atom. The Morgan fingerprint density at radius 3 is 2.76 bits per heavy atom. The van der Waals surface area contributed by atoms with Crippen LogP contribution < -0.4 is 11.3 Å². The average molecular weight is 342 g/mol. The minimum absolute atomic E-state index is 0.0325. The van der Waals surface area contributed by atoms with Gasteiger partial charge in [0.2, 0.25) is 0 Å². The summed E-state index contributed by atoms with van der Waals surface area (Å²) in [6, 6.07) is 3.57. The van der Waals surface area contributed by atoms with Gasteiger partial charge in [0.15, 0.2) is 0 Å². The van der Waals surface area contributed by atoms with Crippen LogP contribution in [0.4, 0.5) is 5.82 Å². The van der Waals surface area contributed by atoms with Crippen LogP contribution in [0.15, 0.2) is 29.3 Å². The van der Waals surface area contributed by atoms with Crippen molar-refractivity contribution < 1.29 is 0 Å². The molecule has 0 amide bonds. The second kappa shape index (κ2) is 4.82. The van der Waals surface area contributed by atoms with Gasteiger partial charge in [-0.1, -0.05) is 6.07 Å². The third-order valence-corrected chi connectivity index (χ3v) is 3.13. The largest absolute Gasteiger partial charge is 0.384 e. The minimum Gasteiger partial charge on any atom is -0.384 e. The highest BCUT2D eigenvalue weighted by molar-refractivity contribution is 14.1. The van der Waals surface area contributed by atoms with Crippen molar-refractivity contribution in [2.45, 2.75) is 13.5 Å². The molecule has 0 aliphatic rings. The first kappa shape index (κ1) is 12.0. The van der Waals surface area contributed by atoms with Crippen molar-refractivity contribution in [3.05, 3.63) is 49.8 Å². The van der Waals surface area contributed by atoms with Gasteiger partial charge in [-0.2, -0.15) is 0 Å². The summed E-state index contributed by atoms with van der Waals surface area (Å²) in [5, 5.41) is 0. The van der Waals surface area contributed by atoms with Crippen molar-refractivity contribution in [2.75, 3.05) is 5.73 Å². The van der Waals surface area contributed by atoms with E-state index in [9.17, 15) is 4.79 Å². The molecule has 0 bridgehead atoms. The summed E-state index contributed by atoms with van der Waals surface area (Å²) in [7, 11) is 0. The Bertz CT molecular complexity index is 591. The van der Waals surface area contributed by atoms with Gasteiger partial charge in [0.1, 0.15) is 11.6 Å². The predicted octanol–water partition coefficient (Wildman–Crippen LogP) is 1.18. The number of aryl methyl sites for hydroxylation is 1. The monoisotopic (exact) mass is 342 g/mol. The molecule has 5 nitrogen and oxygen atoms in total. The lowest BCUT2D eigenvalue weighted by Gasteiger charge is -2.09. The fourth-order valence-electron chi connectivity index (χ4n) is 1.45. The van der Waals surface area contributed by atoms with Gasteiger partial charge in [-0.05, 0) is 41.1 Å². The predicted molar refractivity (Wildman–Crippen MR) is 73.7 cm³/mol. The lowest BCUT2D eigenvalue weighted by atomic mass is 10.3.